The van der Waals surface area contributed by atoms with E-state index in [2.05, 4.69) is 9.97 Å². The van der Waals surface area contributed by atoms with Crippen LogP contribution in [0, 0.1) is 0 Å². The lowest BCUT2D eigenvalue weighted by Crippen LogP contribution is -2.10. The Balaban J connectivity index is 1.62. The Morgan fingerprint density at radius 1 is 1.04 bits per heavy atom. The van der Waals surface area contributed by atoms with Crippen molar-refractivity contribution in [3.63, 3.8) is 0 Å². The standard InChI is InChI=1S/C18H12Cl2N2O2S/c19-12-5-3-6-13(20)11(12)8-25-9-15-21-16-10-4-1-2-7-14(10)24-17(16)18(23)22-15/h1-7H,8-9H2,(H,21,22,23). The van der Waals surface area contributed by atoms with Crippen LogP contribution in [0.1, 0.15) is 11.4 Å². The summed E-state index contributed by atoms with van der Waals surface area (Å²) in [4.78, 5) is 19.6. The van der Waals surface area contributed by atoms with Gasteiger partial charge in [-0.25, -0.2) is 4.98 Å². The molecule has 2 aromatic carbocycles. The quantitative estimate of drug-likeness (QED) is 0.505. The minimum atomic E-state index is -0.271. The maximum atomic E-state index is 12.3. The van der Waals surface area contributed by atoms with E-state index in [-0.39, 0.29) is 11.1 Å². The lowest BCUT2D eigenvalue weighted by Gasteiger charge is -2.06. The maximum absolute atomic E-state index is 12.3. The molecule has 7 heteroatoms. The highest BCUT2D eigenvalue weighted by Gasteiger charge is 2.13. The van der Waals surface area contributed by atoms with Crippen LogP contribution in [0.4, 0.5) is 0 Å². The molecule has 4 rings (SSSR count). The first-order chi connectivity index (χ1) is 12.1. The molecule has 2 aromatic heterocycles. The van der Waals surface area contributed by atoms with Gasteiger partial charge in [-0.1, -0.05) is 41.4 Å². The lowest BCUT2D eigenvalue weighted by atomic mass is 10.2. The third kappa shape index (κ3) is 3.15. The van der Waals surface area contributed by atoms with Crippen LogP contribution in [-0.4, -0.2) is 9.97 Å². The minimum absolute atomic E-state index is 0.254. The third-order valence-corrected chi connectivity index (χ3v) is 5.51. The predicted octanol–water partition coefficient (Wildman–Crippen LogP) is 5.41. The molecule has 0 radical (unpaired) electrons. The van der Waals surface area contributed by atoms with Crippen molar-refractivity contribution < 1.29 is 4.42 Å². The monoisotopic (exact) mass is 390 g/mol. The number of aromatic amines is 1. The first kappa shape index (κ1) is 16.5. The summed E-state index contributed by atoms with van der Waals surface area (Å²) in [6.07, 6.45) is 0. The molecule has 4 nitrogen and oxygen atoms in total. The summed E-state index contributed by atoms with van der Waals surface area (Å²) in [5, 5.41) is 2.11. The third-order valence-electron chi connectivity index (χ3n) is 3.83. The van der Waals surface area contributed by atoms with Gasteiger partial charge in [-0.3, -0.25) is 4.79 Å². The van der Waals surface area contributed by atoms with Crippen LogP contribution in [0.5, 0.6) is 0 Å². The molecule has 25 heavy (non-hydrogen) atoms. The summed E-state index contributed by atoms with van der Waals surface area (Å²) in [5.41, 5.74) is 2.11. The first-order valence-corrected chi connectivity index (χ1v) is 9.45. The fraction of sp³-hybridized carbons (Fsp3) is 0.111. The number of rotatable bonds is 4. The molecule has 0 aliphatic heterocycles. The van der Waals surface area contributed by atoms with Crippen molar-refractivity contribution in [2.75, 3.05) is 0 Å². The second-order valence-electron chi connectivity index (χ2n) is 5.48. The van der Waals surface area contributed by atoms with Gasteiger partial charge in [0.1, 0.15) is 16.9 Å². The largest absolute Gasteiger partial charge is 0.449 e. The van der Waals surface area contributed by atoms with Gasteiger partial charge >= 0.3 is 0 Å². The molecule has 0 saturated carbocycles. The Morgan fingerprint density at radius 3 is 2.60 bits per heavy atom. The number of nitrogens with one attached hydrogen (secondary N) is 1. The Morgan fingerprint density at radius 2 is 1.80 bits per heavy atom. The van der Waals surface area contributed by atoms with Gasteiger partial charge < -0.3 is 9.40 Å². The number of hydrogen-bond donors (Lipinski definition) is 1. The zero-order valence-electron chi connectivity index (χ0n) is 12.9. The highest BCUT2D eigenvalue weighted by Crippen LogP contribution is 2.29. The number of H-pyrrole nitrogens is 1. The van der Waals surface area contributed by atoms with Gasteiger partial charge in [0, 0.05) is 21.2 Å². The molecule has 2 heterocycles. The van der Waals surface area contributed by atoms with E-state index in [0.717, 1.165) is 10.9 Å². The smallest absolute Gasteiger partial charge is 0.294 e. The minimum Gasteiger partial charge on any atom is -0.449 e. The number of hydrogen-bond acceptors (Lipinski definition) is 4. The Labute approximate surface area is 157 Å². The molecule has 0 amide bonds. The SMILES string of the molecule is O=c1[nH]c(CSCc2c(Cl)cccc2Cl)nc2c1oc1ccccc12. The van der Waals surface area contributed by atoms with Crippen LogP contribution in [0.2, 0.25) is 10.0 Å². The van der Waals surface area contributed by atoms with E-state index in [1.165, 1.54) is 0 Å². The average Bonchev–Trinajstić information content (AvgIpc) is 2.97. The zero-order valence-corrected chi connectivity index (χ0v) is 15.2. The molecule has 0 aliphatic carbocycles. The van der Waals surface area contributed by atoms with E-state index in [0.29, 0.717) is 38.5 Å². The van der Waals surface area contributed by atoms with Crippen molar-refractivity contribution in [1.82, 2.24) is 9.97 Å². The molecular weight excluding hydrogens is 379 g/mol. The van der Waals surface area contributed by atoms with Crippen molar-refractivity contribution >= 4 is 57.0 Å². The Bertz CT molecular complexity index is 1120. The van der Waals surface area contributed by atoms with Gasteiger partial charge in [0.25, 0.3) is 5.56 Å². The molecule has 0 fully saturated rings. The number of para-hydroxylation sites is 1. The fourth-order valence-corrected chi connectivity index (χ4v) is 4.27. The summed E-state index contributed by atoms with van der Waals surface area (Å²) in [6.45, 7) is 0. The molecule has 1 N–H and O–H groups in total. The molecule has 4 aromatic rings. The van der Waals surface area contributed by atoms with E-state index in [4.69, 9.17) is 27.6 Å². The predicted molar refractivity (Wildman–Crippen MR) is 104 cm³/mol. The highest BCUT2D eigenvalue weighted by molar-refractivity contribution is 7.97. The summed E-state index contributed by atoms with van der Waals surface area (Å²) < 4.78 is 5.60. The summed E-state index contributed by atoms with van der Waals surface area (Å²) in [5.74, 6) is 1.76. The fourth-order valence-electron chi connectivity index (χ4n) is 2.64. The second kappa shape index (κ2) is 6.75. The molecule has 126 valence electrons. The van der Waals surface area contributed by atoms with Crippen molar-refractivity contribution in [3.8, 4) is 0 Å². The van der Waals surface area contributed by atoms with Crippen LogP contribution in [-0.2, 0) is 11.5 Å². The van der Waals surface area contributed by atoms with Gasteiger partial charge in [-0.2, -0.15) is 0 Å². The Hall–Kier alpha value is -1.95. The van der Waals surface area contributed by atoms with Crippen molar-refractivity contribution in [3.05, 3.63) is 74.3 Å². The number of fused-ring (bicyclic) bond motifs is 3. The highest BCUT2D eigenvalue weighted by atomic mass is 35.5. The molecule has 0 aliphatic rings. The summed E-state index contributed by atoms with van der Waals surface area (Å²) in [6, 6.07) is 12.9. The molecule has 0 unspecified atom stereocenters. The van der Waals surface area contributed by atoms with E-state index in [1.807, 2.05) is 42.5 Å². The zero-order chi connectivity index (χ0) is 17.4. The van der Waals surface area contributed by atoms with Crippen molar-refractivity contribution in [2.24, 2.45) is 0 Å². The van der Waals surface area contributed by atoms with Crippen LogP contribution in [0.3, 0.4) is 0 Å². The van der Waals surface area contributed by atoms with Crippen molar-refractivity contribution in [1.29, 1.82) is 0 Å². The Kier molecular flexibility index (Phi) is 4.46. The van der Waals surface area contributed by atoms with Crippen molar-refractivity contribution in [2.45, 2.75) is 11.5 Å². The van der Waals surface area contributed by atoms with E-state index >= 15 is 0 Å². The maximum Gasteiger partial charge on any atom is 0.294 e. The average molecular weight is 391 g/mol. The van der Waals surface area contributed by atoms with Crippen LogP contribution < -0.4 is 5.56 Å². The molecular formula is C18H12Cl2N2O2S. The van der Waals surface area contributed by atoms with E-state index < -0.39 is 0 Å². The van der Waals surface area contributed by atoms with Gasteiger partial charge in [-0.15, -0.1) is 11.8 Å². The molecule has 0 spiro atoms. The molecule has 0 atom stereocenters. The number of halogens is 2. The summed E-state index contributed by atoms with van der Waals surface area (Å²) in [7, 11) is 0. The molecule has 0 bridgehead atoms. The van der Waals surface area contributed by atoms with Gasteiger partial charge in [0.15, 0.2) is 0 Å². The number of aromatic nitrogens is 2. The number of furan rings is 1. The van der Waals surface area contributed by atoms with E-state index in [9.17, 15) is 4.79 Å². The number of nitrogens with zero attached hydrogens (tertiary/aromatic N) is 1. The number of thioether (sulfide) groups is 1. The lowest BCUT2D eigenvalue weighted by molar-refractivity contribution is 0.660. The van der Waals surface area contributed by atoms with E-state index in [1.54, 1.807) is 11.8 Å². The van der Waals surface area contributed by atoms with Gasteiger partial charge in [-0.05, 0) is 29.8 Å². The van der Waals surface area contributed by atoms with Crippen LogP contribution in [0.15, 0.2) is 51.7 Å². The first-order valence-electron chi connectivity index (χ1n) is 7.54. The van der Waals surface area contributed by atoms with Crippen LogP contribution >= 0.6 is 35.0 Å². The normalized spacial score (nSPS) is 11.4. The van der Waals surface area contributed by atoms with Gasteiger partial charge in [0.2, 0.25) is 5.58 Å². The van der Waals surface area contributed by atoms with Gasteiger partial charge in [0.05, 0.1) is 5.75 Å². The topological polar surface area (TPSA) is 58.9 Å². The summed E-state index contributed by atoms with van der Waals surface area (Å²) >= 11 is 13.9. The van der Waals surface area contributed by atoms with Crippen LogP contribution in [0.25, 0.3) is 22.1 Å². The second-order valence-corrected chi connectivity index (χ2v) is 7.28. The number of benzene rings is 2. The molecule has 0 saturated heterocycles.